The van der Waals surface area contributed by atoms with Crippen LogP contribution in [-0.2, 0) is 26.0 Å². The topological polar surface area (TPSA) is 125 Å². The summed E-state index contributed by atoms with van der Waals surface area (Å²) < 4.78 is 41.1. The van der Waals surface area contributed by atoms with E-state index >= 15 is 0 Å². The summed E-state index contributed by atoms with van der Waals surface area (Å²) in [7, 11) is -4.03. The van der Waals surface area contributed by atoms with E-state index in [9.17, 15) is 18.0 Å². The first kappa shape index (κ1) is 27.5. The number of primary sulfonamides is 1. The van der Waals surface area contributed by atoms with Crippen molar-refractivity contribution in [1.82, 2.24) is 4.90 Å². The fourth-order valence-corrected chi connectivity index (χ4v) is 4.53. The lowest BCUT2D eigenvalue weighted by molar-refractivity contribution is -0.107. The zero-order valence-corrected chi connectivity index (χ0v) is 21.8. The molecular formula is C26H34N2O7S. The Kier molecular flexibility index (Phi) is 8.97. The largest absolute Gasteiger partial charge is 0.486 e. The number of fused-ring (bicyclic) bond motifs is 1. The number of ether oxygens (including phenoxy) is 3. The molecule has 0 radical (unpaired) electrons. The molecule has 0 spiro atoms. The van der Waals surface area contributed by atoms with Crippen LogP contribution in [0.1, 0.15) is 45.6 Å². The highest BCUT2D eigenvalue weighted by Gasteiger charge is 2.25. The molecule has 36 heavy (non-hydrogen) atoms. The second kappa shape index (κ2) is 11.7. The zero-order valence-electron chi connectivity index (χ0n) is 21.0. The lowest BCUT2D eigenvalue weighted by atomic mass is 10.0. The highest BCUT2D eigenvalue weighted by Crippen LogP contribution is 2.40. The number of unbranched alkanes of at least 4 members (excludes halogenated alkanes) is 2. The average Bonchev–Trinajstić information content (AvgIpc) is 2.81. The van der Waals surface area contributed by atoms with Gasteiger partial charge in [0.1, 0.15) is 30.0 Å². The van der Waals surface area contributed by atoms with Crippen molar-refractivity contribution < 1.29 is 32.2 Å². The summed E-state index contributed by atoms with van der Waals surface area (Å²) in [6, 6.07) is 10.9. The van der Waals surface area contributed by atoms with Gasteiger partial charge in [-0.05, 0) is 68.9 Å². The minimum absolute atomic E-state index is 0.119. The van der Waals surface area contributed by atoms with Crippen LogP contribution < -0.4 is 14.6 Å². The Morgan fingerprint density at radius 1 is 1.08 bits per heavy atom. The summed E-state index contributed by atoms with van der Waals surface area (Å²) in [5.74, 6) is 0.464. The van der Waals surface area contributed by atoms with Crippen LogP contribution >= 0.6 is 0 Å². The molecule has 0 fully saturated rings. The van der Waals surface area contributed by atoms with E-state index in [0.29, 0.717) is 56.7 Å². The van der Waals surface area contributed by atoms with Gasteiger partial charge in [-0.25, -0.2) is 18.4 Å². The van der Waals surface area contributed by atoms with E-state index in [4.69, 9.17) is 19.3 Å². The average molecular weight is 519 g/mol. The second-order valence-corrected chi connectivity index (χ2v) is 11.2. The Morgan fingerprint density at radius 2 is 1.83 bits per heavy atom. The molecule has 1 heterocycles. The van der Waals surface area contributed by atoms with Crippen LogP contribution in [0, 0.1) is 0 Å². The van der Waals surface area contributed by atoms with Crippen LogP contribution in [-0.4, -0.2) is 57.6 Å². The first-order chi connectivity index (χ1) is 17.0. The third-order valence-electron chi connectivity index (χ3n) is 5.50. The number of hydrogen-bond acceptors (Lipinski definition) is 7. The highest BCUT2D eigenvalue weighted by atomic mass is 32.2. The molecule has 1 aliphatic rings. The number of nitrogens with two attached hydrogens (primary N) is 1. The quantitative estimate of drug-likeness (QED) is 0.373. The van der Waals surface area contributed by atoms with Crippen LogP contribution in [0.15, 0.2) is 41.3 Å². The first-order valence-electron chi connectivity index (χ1n) is 12.0. The summed E-state index contributed by atoms with van der Waals surface area (Å²) in [5.41, 5.74) is 1.75. The standard InChI is InChI=1S/C26H34N2O7S/c1-26(2,3)35-25(30)28(11-5-4-6-13-29)12-10-19-8-7-9-20(16-19)21-17-22-24(34-15-14-33-22)23(18-21)36(27,31)32/h7-9,13,16-18H,4-6,10-12,14-15H2,1-3H3,(H2,27,31,32). The van der Waals surface area contributed by atoms with Crippen molar-refractivity contribution in [3.05, 3.63) is 42.0 Å². The molecule has 0 aliphatic carbocycles. The number of nitrogens with zero attached hydrogens (tertiary/aromatic N) is 1. The summed E-state index contributed by atoms with van der Waals surface area (Å²) in [6.45, 7) is 6.94. The number of carbonyl (C=O) groups excluding carboxylic acids is 2. The molecule has 9 nitrogen and oxygen atoms in total. The van der Waals surface area contributed by atoms with Crippen LogP contribution in [0.25, 0.3) is 11.1 Å². The van der Waals surface area contributed by atoms with Gasteiger partial charge in [-0.15, -0.1) is 0 Å². The SMILES string of the molecule is CC(C)(C)OC(=O)N(CCCCC=O)CCc1cccc(-c2cc3c(c(S(N)(=O)=O)c2)OCCO3)c1. The molecule has 1 aliphatic heterocycles. The number of aldehydes is 1. The predicted molar refractivity (Wildman–Crippen MR) is 136 cm³/mol. The minimum atomic E-state index is -4.03. The van der Waals surface area contributed by atoms with Crippen molar-refractivity contribution >= 4 is 22.4 Å². The second-order valence-electron chi connectivity index (χ2n) is 9.62. The first-order valence-corrected chi connectivity index (χ1v) is 13.5. The molecule has 0 saturated carbocycles. The maximum Gasteiger partial charge on any atom is 0.410 e. The number of hydrogen-bond donors (Lipinski definition) is 1. The highest BCUT2D eigenvalue weighted by molar-refractivity contribution is 7.89. The number of amides is 1. The number of rotatable bonds is 10. The minimum Gasteiger partial charge on any atom is -0.486 e. The third kappa shape index (κ3) is 7.69. The molecule has 2 aromatic rings. The Balaban J connectivity index is 1.81. The molecule has 1 amide bonds. The maximum atomic E-state index is 12.7. The van der Waals surface area contributed by atoms with E-state index in [0.717, 1.165) is 17.4 Å². The van der Waals surface area contributed by atoms with Crippen molar-refractivity contribution in [2.45, 2.75) is 57.0 Å². The molecule has 0 atom stereocenters. The van der Waals surface area contributed by atoms with Gasteiger partial charge in [-0.3, -0.25) is 0 Å². The van der Waals surface area contributed by atoms with Crippen LogP contribution in [0.2, 0.25) is 0 Å². The normalized spacial score (nSPS) is 13.2. The van der Waals surface area contributed by atoms with Gasteiger partial charge >= 0.3 is 6.09 Å². The van der Waals surface area contributed by atoms with E-state index < -0.39 is 21.7 Å². The lowest BCUT2D eigenvalue weighted by Gasteiger charge is -2.27. The Labute approximate surface area is 212 Å². The molecule has 10 heteroatoms. The van der Waals surface area contributed by atoms with Crippen molar-refractivity contribution in [1.29, 1.82) is 0 Å². The molecule has 0 saturated heterocycles. The molecule has 3 rings (SSSR count). The van der Waals surface area contributed by atoms with E-state index in [2.05, 4.69) is 0 Å². The fraction of sp³-hybridized carbons (Fsp3) is 0.462. The van der Waals surface area contributed by atoms with Crippen molar-refractivity contribution in [3.63, 3.8) is 0 Å². The van der Waals surface area contributed by atoms with Crippen LogP contribution in [0.3, 0.4) is 0 Å². The van der Waals surface area contributed by atoms with Gasteiger partial charge < -0.3 is 23.9 Å². The zero-order chi connectivity index (χ0) is 26.3. The van der Waals surface area contributed by atoms with Gasteiger partial charge in [-0.2, -0.15) is 0 Å². The van der Waals surface area contributed by atoms with Crippen molar-refractivity contribution in [2.24, 2.45) is 5.14 Å². The molecule has 0 bridgehead atoms. The van der Waals surface area contributed by atoms with Gasteiger partial charge in [0, 0.05) is 19.5 Å². The van der Waals surface area contributed by atoms with Gasteiger partial charge in [0.25, 0.3) is 0 Å². The Bertz CT molecular complexity index is 1190. The predicted octanol–water partition coefficient (Wildman–Crippen LogP) is 3.92. The van der Waals surface area contributed by atoms with Crippen LogP contribution in [0.4, 0.5) is 4.79 Å². The van der Waals surface area contributed by atoms with E-state index in [1.54, 1.807) is 11.0 Å². The van der Waals surface area contributed by atoms with Crippen molar-refractivity contribution in [3.8, 4) is 22.6 Å². The van der Waals surface area contributed by atoms with Gasteiger partial charge in [0.2, 0.25) is 10.0 Å². The summed E-state index contributed by atoms with van der Waals surface area (Å²) >= 11 is 0. The van der Waals surface area contributed by atoms with E-state index in [1.165, 1.54) is 6.07 Å². The lowest BCUT2D eigenvalue weighted by Crippen LogP contribution is -2.38. The van der Waals surface area contributed by atoms with Crippen molar-refractivity contribution in [2.75, 3.05) is 26.3 Å². The Hall–Kier alpha value is -3.11. The van der Waals surface area contributed by atoms with E-state index in [-0.39, 0.29) is 17.3 Å². The van der Waals surface area contributed by atoms with Gasteiger partial charge in [-0.1, -0.05) is 24.3 Å². The van der Waals surface area contributed by atoms with Gasteiger partial charge in [0.15, 0.2) is 11.5 Å². The van der Waals surface area contributed by atoms with Gasteiger partial charge in [0.05, 0.1) is 0 Å². The van der Waals surface area contributed by atoms with Crippen LogP contribution in [0.5, 0.6) is 11.5 Å². The molecule has 0 aromatic heterocycles. The molecule has 196 valence electrons. The fourth-order valence-electron chi connectivity index (χ4n) is 3.82. The molecule has 2 aromatic carbocycles. The third-order valence-corrected chi connectivity index (χ3v) is 6.41. The van der Waals surface area contributed by atoms with E-state index in [1.807, 2.05) is 45.0 Å². The molecule has 2 N–H and O–H groups in total. The number of carbonyl (C=O) groups is 2. The maximum absolute atomic E-state index is 12.7. The number of sulfonamides is 1. The summed E-state index contributed by atoms with van der Waals surface area (Å²) in [6.07, 6.45) is 2.91. The number of benzene rings is 2. The smallest absolute Gasteiger partial charge is 0.410 e. The monoisotopic (exact) mass is 518 g/mol. The summed E-state index contributed by atoms with van der Waals surface area (Å²) in [5, 5.41) is 5.44. The summed E-state index contributed by atoms with van der Waals surface area (Å²) in [4.78, 5) is 24.9. The Morgan fingerprint density at radius 3 is 2.53 bits per heavy atom. The molecule has 0 unspecified atom stereocenters. The molecular weight excluding hydrogens is 484 g/mol.